The Morgan fingerprint density at radius 2 is 2.30 bits per heavy atom. The van der Waals surface area contributed by atoms with Crippen molar-refractivity contribution in [2.75, 3.05) is 27.8 Å². The van der Waals surface area contributed by atoms with Gasteiger partial charge < -0.3 is 14.8 Å². The molecule has 0 bridgehead atoms. The molecular weight excluding hydrogens is 258 g/mol. The quantitative estimate of drug-likeness (QED) is 0.846. The number of carbonyl (C=O) groups is 1. The zero-order chi connectivity index (χ0) is 14.5. The van der Waals surface area contributed by atoms with Gasteiger partial charge in [0.05, 0.1) is 31.5 Å². The normalized spacial score (nSPS) is 22.8. The van der Waals surface area contributed by atoms with E-state index in [-0.39, 0.29) is 18.1 Å². The first-order valence-corrected chi connectivity index (χ1v) is 6.64. The van der Waals surface area contributed by atoms with Crippen LogP contribution in [-0.2, 0) is 16.1 Å². The van der Waals surface area contributed by atoms with Gasteiger partial charge in [0.2, 0.25) is 11.8 Å². The van der Waals surface area contributed by atoms with Gasteiger partial charge in [0.25, 0.3) is 0 Å². The Labute approximate surface area is 119 Å². The number of pyridine rings is 1. The highest BCUT2D eigenvalue weighted by atomic mass is 16.5. The average Bonchev–Trinajstić information content (AvgIpc) is 2.86. The van der Waals surface area contributed by atoms with E-state index in [1.807, 2.05) is 24.1 Å². The summed E-state index contributed by atoms with van der Waals surface area (Å²) in [7, 11) is 5.19. The van der Waals surface area contributed by atoms with Gasteiger partial charge in [-0.15, -0.1) is 0 Å². The monoisotopic (exact) mass is 279 g/mol. The number of likely N-dealkylation sites (tertiary alicyclic amines) is 1. The van der Waals surface area contributed by atoms with Gasteiger partial charge in [0, 0.05) is 19.7 Å². The first kappa shape index (κ1) is 14.7. The molecule has 1 aliphatic heterocycles. The van der Waals surface area contributed by atoms with E-state index in [1.54, 1.807) is 20.3 Å². The molecule has 0 saturated carbocycles. The van der Waals surface area contributed by atoms with Gasteiger partial charge in [-0.3, -0.25) is 9.69 Å². The topological polar surface area (TPSA) is 63.7 Å². The van der Waals surface area contributed by atoms with E-state index >= 15 is 0 Å². The van der Waals surface area contributed by atoms with Crippen molar-refractivity contribution < 1.29 is 14.3 Å². The van der Waals surface area contributed by atoms with Gasteiger partial charge in [-0.05, 0) is 19.5 Å². The lowest BCUT2D eigenvalue weighted by atomic mass is 10.2. The Bertz CT molecular complexity index is 467. The third-order valence-electron chi connectivity index (χ3n) is 3.58. The summed E-state index contributed by atoms with van der Waals surface area (Å²) in [5, 5.41) is 2.91. The van der Waals surface area contributed by atoms with Gasteiger partial charge in [-0.25, -0.2) is 4.98 Å². The molecule has 0 unspecified atom stereocenters. The second-order valence-electron chi connectivity index (χ2n) is 4.94. The summed E-state index contributed by atoms with van der Waals surface area (Å²) in [6.45, 7) is 1.18. The molecule has 1 aromatic rings. The third kappa shape index (κ3) is 3.46. The second kappa shape index (κ2) is 6.67. The van der Waals surface area contributed by atoms with Crippen LogP contribution in [0, 0.1) is 0 Å². The standard InChI is InChI=1S/C14H21N3O3/c1-17-9-11(19-2)7-12(17)14(18)15-8-10-5-4-6-13(16-10)20-3/h4-6,11-12H,7-9H2,1-3H3,(H,15,18)/t11-,12-/m0/s1. The molecule has 1 N–H and O–H groups in total. The van der Waals surface area contributed by atoms with E-state index in [2.05, 4.69) is 10.3 Å². The fourth-order valence-corrected chi connectivity index (χ4v) is 2.40. The number of nitrogens with zero attached hydrogens (tertiary/aromatic N) is 2. The number of methoxy groups -OCH3 is 2. The maximum atomic E-state index is 12.2. The van der Waals surface area contributed by atoms with Crippen molar-refractivity contribution >= 4 is 5.91 Å². The van der Waals surface area contributed by atoms with Crippen LogP contribution >= 0.6 is 0 Å². The minimum Gasteiger partial charge on any atom is -0.481 e. The Morgan fingerprint density at radius 1 is 1.50 bits per heavy atom. The number of aromatic nitrogens is 1. The highest BCUT2D eigenvalue weighted by molar-refractivity contribution is 5.82. The van der Waals surface area contributed by atoms with Crippen LogP contribution in [0.2, 0.25) is 0 Å². The average molecular weight is 279 g/mol. The summed E-state index contributed by atoms with van der Waals surface area (Å²) >= 11 is 0. The summed E-state index contributed by atoms with van der Waals surface area (Å²) in [4.78, 5) is 18.5. The number of likely N-dealkylation sites (N-methyl/N-ethyl adjacent to an activating group) is 1. The predicted molar refractivity (Wildman–Crippen MR) is 74.5 cm³/mol. The summed E-state index contributed by atoms with van der Waals surface area (Å²) in [6.07, 6.45) is 0.857. The molecule has 2 rings (SSSR count). The fourth-order valence-electron chi connectivity index (χ4n) is 2.40. The summed E-state index contributed by atoms with van der Waals surface area (Å²) in [6, 6.07) is 5.36. The number of hydrogen-bond donors (Lipinski definition) is 1. The van der Waals surface area contributed by atoms with E-state index in [1.165, 1.54) is 0 Å². The van der Waals surface area contributed by atoms with E-state index in [0.29, 0.717) is 12.4 Å². The van der Waals surface area contributed by atoms with Crippen molar-refractivity contribution in [3.05, 3.63) is 23.9 Å². The van der Waals surface area contributed by atoms with Gasteiger partial charge in [0.15, 0.2) is 0 Å². The molecule has 1 aromatic heterocycles. The molecule has 1 fully saturated rings. The lowest BCUT2D eigenvalue weighted by Crippen LogP contribution is -2.41. The first-order valence-electron chi connectivity index (χ1n) is 6.64. The van der Waals surface area contributed by atoms with Crippen molar-refractivity contribution in [1.29, 1.82) is 0 Å². The SMILES string of the molecule is COc1cccc(CNC(=O)[C@@H]2C[C@H](OC)CN2C)n1. The lowest BCUT2D eigenvalue weighted by molar-refractivity contribution is -0.125. The summed E-state index contributed by atoms with van der Waals surface area (Å²) in [5.41, 5.74) is 0.779. The molecule has 2 atom stereocenters. The molecular formula is C14H21N3O3. The Balaban J connectivity index is 1.88. The van der Waals surface area contributed by atoms with Gasteiger partial charge in [-0.1, -0.05) is 6.07 Å². The molecule has 0 aromatic carbocycles. The molecule has 1 amide bonds. The number of amides is 1. The molecule has 6 nitrogen and oxygen atoms in total. The maximum absolute atomic E-state index is 12.2. The van der Waals surface area contributed by atoms with Crippen LogP contribution in [0.4, 0.5) is 0 Å². The van der Waals surface area contributed by atoms with Crippen molar-refractivity contribution in [3.8, 4) is 5.88 Å². The Morgan fingerprint density at radius 3 is 2.95 bits per heavy atom. The van der Waals surface area contributed by atoms with Gasteiger partial charge >= 0.3 is 0 Å². The smallest absolute Gasteiger partial charge is 0.237 e. The molecule has 20 heavy (non-hydrogen) atoms. The van der Waals surface area contributed by atoms with Crippen molar-refractivity contribution in [2.45, 2.75) is 25.1 Å². The first-order chi connectivity index (χ1) is 9.63. The van der Waals surface area contributed by atoms with E-state index in [4.69, 9.17) is 9.47 Å². The molecule has 0 aliphatic carbocycles. The fraction of sp³-hybridized carbons (Fsp3) is 0.571. The highest BCUT2D eigenvalue weighted by Gasteiger charge is 2.34. The van der Waals surface area contributed by atoms with Crippen LogP contribution in [0.15, 0.2) is 18.2 Å². The molecule has 1 saturated heterocycles. The van der Waals surface area contributed by atoms with E-state index in [0.717, 1.165) is 18.7 Å². The van der Waals surface area contributed by atoms with Crippen molar-refractivity contribution in [3.63, 3.8) is 0 Å². The zero-order valence-electron chi connectivity index (χ0n) is 12.1. The van der Waals surface area contributed by atoms with Gasteiger partial charge in [-0.2, -0.15) is 0 Å². The van der Waals surface area contributed by atoms with Gasteiger partial charge in [0.1, 0.15) is 0 Å². The van der Waals surface area contributed by atoms with Crippen LogP contribution in [-0.4, -0.2) is 55.7 Å². The summed E-state index contributed by atoms with van der Waals surface area (Å²) < 4.78 is 10.4. The van der Waals surface area contributed by atoms with Crippen LogP contribution in [0.3, 0.4) is 0 Å². The van der Waals surface area contributed by atoms with Crippen LogP contribution in [0.25, 0.3) is 0 Å². The molecule has 0 radical (unpaired) electrons. The van der Waals surface area contributed by atoms with Crippen molar-refractivity contribution in [1.82, 2.24) is 15.2 Å². The molecule has 6 heteroatoms. The summed E-state index contributed by atoms with van der Waals surface area (Å²) in [5.74, 6) is 0.561. The number of nitrogens with one attached hydrogen (secondary N) is 1. The number of hydrogen-bond acceptors (Lipinski definition) is 5. The van der Waals surface area contributed by atoms with Crippen LogP contribution in [0.1, 0.15) is 12.1 Å². The van der Waals surface area contributed by atoms with Crippen LogP contribution < -0.4 is 10.1 Å². The molecule has 1 aliphatic rings. The highest BCUT2D eigenvalue weighted by Crippen LogP contribution is 2.18. The predicted octanol–water partition coefficient (Wildman–Crippen LogP) is 0.425. The zero-order valence-corrected chi connectivity index (χ0v) is 12.1. The van der Waals surface area contributed by atoms with E-state index < -0.39 is 0 Å². The van der Waals surface area contributed by atoms with E-state index in [9.17, 15) is 4.79 Å². The van der Waals surface area contributed by atoms with Crippen molar-refractivity contribution in [2.24, 2.45) is 0 Å². The lowest BCUT2D eigenvalue weighted by Gasteiger charge is -2.18. The minimum atomic E-state index is -0.134. The third-order valence-corrected chi connectivity index (χ3v) is 3.58. The largest absolute Gasteiger partial charge is 0.481 e. The Kier molecular flexibility index (Phi) is 4.92. The number of rotatable bonds is 5. The number of ether oxygens (including phenoxy) is 2. The minimum absolute atomic E-state index is 0.0108. The molecule has 110 valence electrons. The van der Waals surface area contributed by atoms with Crippen LogP contribution in [0.5, 0.6) is 5.88 Å². The second-order valence-corrected chi connectivity index (χ2v) is 4.94. The molecule has 2 heterocycles. The maximum Gasteiger partial charge on any atom is 0.237 e. The Hall–Kier alpha value is -1.66. The molecule has 0 spiro atoms. The number of carbonyl (C=O) groups excluding carboxylic acids is 1.